The maximum atomic E-state index is 12.9. The van der Waals surface area contributed by atoms with E-state index in [2.05, 4.69) is 10.6 Å². The Morgan fingerprint density at radius 3 is 2.14 bits per heavy atom. The predicted octanol–water partition coefficient (Wildman–Crippen LogP) is 2.03. The number of carbonyl (C=O) groups excluding carboxylic acids is 2. The normalized spacial score (nSPS) is 13.6. The van der Waals surface area contributed by atoms with Crippen LogP contribution in [-0.2, 0) is 16.0 Å². The largest absolute Gasteiger partial charge is 0.351 e. The molecular formula is C16H23FN2O2. The number of hydrogen-bond acceptors (Lipinski definition) is 2. The lowest BCUT2D eigenvalue weighted by Gasteiger charge is -2.24. The highest BCUT2D eigenvalue weighted by Gasteiger charge is 2.20. The van der Waals surface area contributed by atoms with Gasteiger partial charge in [-0.15, -0.1) is 0 Å². The first-order chi connectivity index (χ1) is 9.79. The number of rotatable bonds is 6. The fourth-order valence-corrected chi connectivity index (χ4v) is 2.01. The average Bonchev–Trinajstić information content (AvgIpc) is 2.39. The molecule has 2 N–H and O–H groups in total. The maximum Gasteiger partial charge on any atom is 0.242 e. The lowest BCUT2D eigenvalue weighted by atomic mass is 9.96. The molecule has 2 atom stereocenters. The van der Waals surface area contributed by atoms with Crippen LogP contribution in [0.1, 0.15) is 33.3 Å². The first-order valence-electron chi connectivity index (χ1n) is 7.11. The number of amides is 2. The Labute approximate surface area is 125 Å². The summed E-state index contributed by atoms with van der Waals surface area (Å²) in [6.45, 7) is 7.04. The minimum atomic E-state index is -0.572. The fraction of sp³-hybridized carbons (Fsp3) is 0.500. The minimum Gasteiger partial charge on any atom is -0.351 e. The minimum absolute atomic E-state index is 0.0702. The topological polar surface area (TPSA) is 58.2 Å². The van der Waals surface area contributed by atoms with Crippen LogP contribution in [0.3, 0.4) is 0 Å². The highest BCUT2D eigenvalue weighted by atomic mass is 19.1. The second-order valence-electron chi connectivity index (χ2n) is 5.61. The molecule has 0 fully saturated rings. The molecule has 0 spiro atoms. The van der Waals surface area contributed by atoms with Crippen molar-refractivity contribution in [3.8, 4) is 0 Å². The van der Waals surface area contributed by atoms with Gasteiger partial charge in [0.15, 0.2) is 0 Å². The summed E-state index contributed by atoms with van der Waals surface area (Å²) in [6, 6.07) is 5.61. The predicted molar refractivity (Wildman–Crippen MR) is 80.2 cm³/mol. The van der Waals surface area contributed by atoms with E-state index in [0.29, 0.717) is 6.42 Å². The van der Waals surface area contributed by atoms with Crippen molar-refractivity contribution in [3.63, 3.8) is 0 Å². The standard InChI is InChI=1S/C16H23FN2O2/c1-10(2)15(9-13-5-7-14(17)8-6-13)19-16(21)11(3)18-12(4)20/h5-8,10-11,15H,9H2,1-4H3,(H,18,20)(H,19,21)/t11-,15-/m1/s1. The van der Waals surface area contributed by atoms with Gasteiger partial charge >= 0.3 is 0 Å². The van der Waals surface area contributed by atoms with E-state index in [1.165, 1.54) is 19.1 Å². The Kier molecular flexibility index (Phi) is 6.34. The number of carbonyl (C=O) groups is 2. The number of nitrogens with one attached hydrogen (secondary N) is 2. The van der Waals surface area contributed by atoms with Crippen LogP contribution in [0.25, 0.3) is 0 Å². The highest BCUT2D eigenvalue weighted by Crippen LogP contribution is 2.11. The lowest BCUT2D eigenvalue weighted by molar-refractivity contribution is -0.128. The third-order valence-electron chi connectivity index (χ3n) is 3.31. The van der Waals surface area contributed by atoms with Gasteiger partial charge in [0.05, 0.1) is 0 Å². The van der Waals surface area contributed by atoms with Crippen molar-refractivity contribution in [1.82, 2.24) is 10.6 Å². The number of benzene rings is 1. The Hall–Kier alpha value is -1.91. The van der Waals surface area contributed by atoms with Crippen LogP contribution >= 0.6 is 0 Å². The first kappa shape index (κ1) is 17.1. The quantitative estimate of drug-likeness (QED) is 0.843. The number of hydrogen-bond donors (Lipinski definition) is 2. The van der Waals surface area contributed by atoms with E-state index < -0.39 is 6.04 Å². The van der Waals surface area contributed by atoms with Gasteiger partial charge < -0.3 is 10.6 Å². The molecule has 21 heavy (non-hydrogen) atoms. The monoisotopic (exact) mass is 294 g/mol. The molecule has 0 aliphatic heterocycles. The lowest BCUT2D eigenvalue weighted by Crippen LogP contribution is -2.49. The molecule has 0 aliphatic rings. The van der Waals surface area contributed by atoms with Gasteiger partial charge in [-0.3, -0.25) is 9.59 Å². The summed E-state index contributed by atoms with van der Waals surface area (Å²) in [5.74, 6) is -0.505. The van der Waals surface area contributed by atoms with Gasteiger partial charge in [-0.05, 0) is 37.0 Å². The zero-order valence-electron chi connectivity index (χ0n) is 12.9. The molecular weight excluding hydrogens is 271 g/mol. The Bertz CT molecular complexity index is 486. The molecule has 0 saturated carbocycles. The van der Waals surface area contributed by atoms with Crippen LogP contribution in [0.4, 0.5) is 4.39 Å². The SMILES string of the molecule is CC(=O)N[C@H](C)C(=O)N[C@H](Cc1ccc(F)cc1)C(C)C. The molecule has 1 rings (SSSR count). The van der Waals surface area contributed by atoms with E-state index >= 15 is 0 Å². The van der Waals surface area contributed by atoms with Crippen LogP contribution in [0.15, 0.2) is 24.3 Å². The van der Waals surface area contributed by atoms with Crippen LogP contribution in [0.2, 0.25) is 0 Å². The first-order valence-corrected chi connectivity index (χ1v) is 7.11. The van der Waals surface area contributed by atoms with Crippen molar-refractivity contribution < 1.29 is 14.0 Å². The van der Waals surface area contributed by atoms with E-state index in [4.69, 9.17) is 0 Å². The molecule has 0 unspecified atom stereocenters. The Morgan fingerprint density at radius 2 is 1.67 bits per heavy atom. The van der Waals surface area contributed by atoms with E-state index in [9.17, 15) is 14.0 Å². The van der Waals surface area contributed by atoms with Crippen LogP contribution < -0.4 is 10.6 Å². The van der Waals surface area contributed by atoms with E-state index in [-0.39, 0.29) is 29.6 Å². The summed E-state index contributed by atoms with van der Waals surface area (Å²) in [7, 11) is 0. The van der Waals surface area contributed by atoms with Gasteiger partial charge in [0.25, 0.3) is 0 Å². The van der Waals surface area contributed by atoms with Crippen molar-refractivity contribution in [3.05, 3.63) is 35.6 Å². The second-order valence-corrected chi connectivity index (χ2v) is 5.61. The van der Waals surface area contributed by atoms with Crippen molar-refractivity contribution in [1.29, 1.82) is 0 Å². The number of halogens is 1. The van der Waals surface area contributed by atoms with Crippen LogP contribution in [-0.4, -0.2) is 23.9 Å². The third kappa shape index (κ3) is 5.94. The van der Waals surface area contributed by atoms with Crippen LogP contribution in [0.5, 0.6) is 0 Å². The summed E-state index contributed by atoms with van der Waals surface area (Å²) in [5.41, 5.74) is 0.961. The van der Waals surface area contributed by atoms with Gasteiger partial charge in [0.1, 0.15) is 11.9 Å². The van der Waals surface area contributed by atoms with E-state index in [1.54, 1.807) is 19.1 Å². The van der Waals surface area contributed by atoms with E-state index in [1.807, 2.05) is 13.8 Å². The van der Waals surface area contributed by atoms with Gasteiger partial charge in [-0.25, -0.2) is 4.39 Å². The zero-order chi connectivity index (χ0) is 16.0. The molecule has 116 valence electrons. The zero-order valence-corrected chi connectivity index (χ0v) is 12.9. The summed E-state index contributed by atoms with van der Waals surface area (Å²) in [4.78, 5) is 23.0. The van der Waals surface area contributed by atoms with Gasteiger partial charge in [0, 0.05) is 13.0 Å². The molecule has 0 radical (unpaired) electrons. The van der Waals surface area contributed by atoms with Gasteiger partial charge in [-0.1, -0.05) is 26.0 Å². The molecule has 2 amide bonds. The smallest absolute Gasteiger partial charge is 0.242 e. The van der Waals surface area contributed by atoms with Crippen LogP contribution in [0, 0.1) is 11.7 Å². The molecule has 0 heterocycles. The summed E-state index contributed by atoms with van der Waals surface area (Å²) in [5, 5.41) is 5.49. The van der Waals surface area contributed by atoms with Crippen molar-refractivity contribution >= 4 is 11.8 Å². The second kappa shape index (κ2) is 7.76. The molecule has 1 aromatic carbocycles. The van der Waals surface area contributed by atoms with Crippen molar-refractivity contribution in [2.75, 3.05) is 0 Å². The van der Waals surface area contributed by atoms with Crippen molar-refractivity contribution in [2.24, 2.45) is 5.92 Å². The molecule has 0 aliphatic carbocycles. The summed E-state index contributed by atoms with van der Waals surface area (Å²) < 4.78 is 12.9. The Morgan fingerprint density at radius 1 is 1.10 bits per heavy atom. The van der Waals surface area contributed by atoms with Gasteiger partial charge in [-0.2, -0.15) is 0 Å². The summed E-state index contributed by atoms with van der Waals surface area (Å²) >= 11 is 0. The van der Waals surface area contributed by atoms with E-state index in [0.717, 1.165) is 5.56 Å². The molecule has 0 bridgehead atoms. The van der Waals surface area contributed by atoms with Gasteiger partial charge in [0.2, 0.25) is 11.8 Å². The molecule has 0 aromatic heterocycles. The maximum absolute atomic E-state index is 12.9. The molecule has 5 heteroatoms. The molecule has 1 aromatic rings. The summed E-state index contributed by atoms with van der Waals surface area (Å²) in [6.07, 6.45) is 0.622. The Balaban J connectivity index is 2.67. The fourth-order valence-electron chi connectivity index (χ4n) is 2.01. The van der Waals surface area contributed by atoms with Crippen molar-refractivity contribution in [2.45, 2.75) is 46.2 Å². The molecule has 4 nitrogen and oxygen atoms in total. The highest BCUT2D eigenvalue weighted by molar-refractivity contribution is 5.86. The average molecular weight is 294 g/mol. The molecule has 0 saturated heterocycles. The third-order valence-corrected chi connectivity index (χ3v) is 3.31.